The van der Waals surface area contributed by atoms with Crippen LogP contribution in [0.25, 0.3) is 0 Å². The van der Waals surface area contributed by atoms with Gasteiger partial charge >= 0.3 is 0 Å². The van der Waals surface area contributed by atoms with E-state index in [4.69, 9.17) is 4.74 Å². The largest absolute Gasteiger partial charge is 0.489 e. The van der Waals surface area contributed by atoms with Gasteiger partial charge in [0.05, 0.1) is 0 Å². The zero-order valence-electron chi connectivity index (χ0n) is 16.5. The van der Waals surface area contributed by atoms with Crippen LogP contribution in [0.3, 0.4) is 0 Å². The maximum absolute atomic E-state index is 11.7. The van der Waals surface area contributed by atoms with Gasteiger partial charge in [-0.2, -0.15) is 0 Å². The molecule has 3 N–H and O–H groups in total. The molecule has 0 fully saturated rings. The summed E-state index contributed by atoms with van der Waals surface area (Å²) in [5.41, 5.74) is 2.80. The van der Waals surface area contributed by atoms with E-state index in [0.29, 0.717) is 31.2 Å². The van der Waals surface area contributed by atoms with Gasteiger partial charge in [0.15, 0.2) is 5.96 Å². The number of carbonyl (C=O) groups excluding carboxylic acids is 1. The quantitative estimate of drug-likeness (QED) is 0.355. The number of hydrogen-bond acceptors (Lipinski definition) is 3. The lowest BCUT2D eigenvalue weighted by atomic mass is 10.1. The van der Waals surface area contributed by atoms with Crippen molar-refractivity contribution < 1.29 is 9.53 Å². The lowest BCUT2D eigenvalue weighted by molar-refractivity contribution is 0.0963. The summed E-state index contributed by atoms with van der Waals surface area (Å²) in [6, 6.07) is 15.5. The van der Waals surface area contributed by atoms with Crippen LogP contribution in [0.4, 0.5) is 0 Å². The number of rotatable bonds is 9. The second kappa shape index (κ2) is 11.4. The van der Waals surface area contributed by atoms with Crippen LogP contribution in [-0.2, 0) is 13.0 Å². The van der Waals surface area contributed by atoms with Crippen LogP contribution in [0.2, 0.25) is 0 Å². The first-order valence-corrected chi connectivity index (χ1v) is 9.25. The maximum atomic E-state index is 11.7. The van der Waals surface area contributed by atoms with Crippen molar-refractivity contribution in [1.29, 1.82) is 0 Å². The van der Waals surface area contributed by atoms with Crippen LogP contribution in [0.1, 0.15) is 21.5 Å². The van der Waals surface area contributed by atoms with E-state index in [0.717, 1.165) is 23.3 Å². The molecule has 6 nitrogen and oxygen atoms in total. The molecule has 0 aliphatic heterocycles. The number of para-hydroxylation sites is 1. The van der Waals surface area contributed by atoms with Gasteiger partial charge < -0.3 is 20.7 Å². The van der Waals surface area contributed by atoms with Gasteiger partial charge in [0.1, 0.15) is 12.4 Å². The van der Waals surface area contributed by atoms with Crippen molar-refractivity contribution in [3.63, 3.8) is 0 Å². The van der Waals surface area contributed by atoms with E-state index in [1.165, 1.54) is 0 Å². The SMILES string of the molecule is C=CCOc1ccccc1CNC(=NC)NCCc1cccc(C(=O)NC)c1. The van der Waals surface area contributed by atoms with E-state index in [-0.39, 0.29) is 5.91 Å². The highest BCUT2D eigenvalue weighted by Gasteiger charge is 2.06. The summed E-state index contributed by atoms with van der Waals surface area (Å²) in [7, 11) is 3.37. The molecule has 2 aromatic rings. The van der Waals surface area contributed by atoms with Crippen LogP contribution in [0, 0.1) is 0 Å². The third-order valence-electron chi connectivity index (χ3n) is 4.12. The maximum Gasteiger partial charge on any atom is 0.251 e. The Labute approximate surface area is 166 Å². The molecule has 0 aliphatic rings. The Bertz CT molecular complexity index is 818. The summed E-state index contributed by atoms with van der Waals surface area (Å²) < 4.78 is 5.68. The zero-order chi connectivity index (χ0) is 20.2. The molecule has 0 aliphatic carbocycles. The normalized spacial score (nSPS) is 10.9. The minimum atomic E-state index is -0.0791. The molecule has 0 radical (unpaired) electrons. The number of nitrogens with zero attached hydrogens (tertiary/aromatic N) is 1. The van der Waals surface area contributed by atoms with Crippen molar-refractivity contribution >= 4 is 11.9 Å². The fourth-order valence-corrected chi connectivity index (χ4v) is 2.68. The fraction of sp³-hybridized carbons (Fsp3) is 0.273. The van der Waals surface area contributed by atoms with Crippen molar-refractivity contribution in [2.45, 2.75) is 13.0 Å². The third kappa shape index (κ3) is 6.46. The summed E-state index contributed by atoms with van der Waals surface area (Å²) in [5, 5.41) is 9.23. The van der Waals surface area contributed by atoms with E-state index < -0.39 is 0 Å². The number of nitrogens with one attached hydrogen (secondary N) is 3. The average Bonchev–Trinajstić information content (AvgIpc) is 2.74. The molecular formula is C22H28N4O2. The van der Waals surface area contributed by atoms with Crippen LogP contribution >= 0.6 is 0 Å². The number of carbonyl (C=O) groups is 1. The van der Waals surface area contributed by atoms with E-state index in [1.807, 2.05) is 48.5 Å². The van der Waals surface area contributed by atoms with Gasteiger partial charge in [-0.3, -0.25) is 9.79 Å². The van der Waals surface area contributed by atoms with Crippen molar-refractivity contribution in [2.24, 2.45) is 4.99 Å². The molecule has 148 valence electrons. The van der Waals surface area contributed by atoms with Crippen molar-refractivity contribution in [2.75, 3.05) is 27.2 Å². The zero-order valence-corrected chi connectivity index (χ0v) is 16.5. The highest BCUT2D eigenvalue weighted by molar-refractivity contribution is 5.94. The second-order valence-electron chi connectivity index (χ2n) is 6.09. The van der Waals surface area contributed by atoms with E-state index in [9.17, 15) is 4.79 Å². The highest BCUT2D eigenvalue weighted by Crippen LogP contribution is 2.17. The molecule has 0 aromatic heterocycles. The number of ether oxygens (including phenoxy) is 1. The first kappa shape index (κ1) is 21.0. The Kier molecular flexibility index (Phi) is 8.59. The number of benzene rings is 2. The number of amides is 1. The number of guanidine groups is 1. The van der Waals surface area contributed by atoms with Gasteiger partial charge in [-0.25, -0.2) is 0 Å². The van der Waals surface area contributed by atoms with E-state index in [1.54, 1.807) is 20.2 Å². The predicted octanol–water partition coefficient (Wildman–Crippen LogP) is 2.52. The molecule has 28 heavy (non-hydrogen) atoms. The number of hydrogen-bond donors (Lipinski definition) is 3. The van der Waals surface area contributed by atoms with Gasteiger partial charge in [0.25, 0.3) is 5.91 Å². The molecule has 0 saturated carbocycles. The molecular weight excluding hydrogens is 352 g/mol. The number of aliphatic imine (C=N–C) groups is 1. The van der Waals surface area contributed by atoms with Gasteiger partial charge in [-0.15, -0.1) is 0 Å². The molecule has 0 unspecified atom stereocenters. The Morgan fingerprint density at radius 3 is 2.75 bits per heavy atom. The molecule has 6 heteroatoms. The smallest absolute Gasteiger partial charge is 0.251 e. The lowest BCUT2D eigenvalue weighted by Crippen LogP contribution is -2.37. The monoisotopic (exact) mass is 380 g/mol. The predicted molar refractivity (Wildman–Crippen MR) is 114 cm³/mol. The van der Waals surface area contributed by atoms with Gasteiger partial charge in [-0.1, -0.05) is 43.0 Å². The highest BCUT2D eigenvalue weighted by atomic mass is 16.5. The van der Waals surface area contributed by atoms with Crippen molar-refractivity contribution in [3.05, 3.63) is 77.9 Å². The first-order chi connectivity index (χ1) is 13.7. The van der Waals surface area contributed by atoms with Crippen LogP contribution in [0.5, 0.6) is 5.75 Å². The Morgan fingerprint density at radius 1 is 1.18 bits per heavy atom. The molecule has 0 heterocycles. The molecule has 2 aromatic carbocycles. The van der Waals surface area contributed by atoms with Crippen molar-refractivity contribution in [1.82, 2.24) is 16.0 Å². The van der Waals surface area contributed by atoms with E-state index >= 15 is 0 Å². The van der Waals surface area contributed by atoms with Gasteiger partial charge in [-0.05, 0) is 30.2 Å². The molecule has 2 rings (SSSR count). The molecule has 0 atom stereocenters. The Balaban J connectivity index is 1.86. The average molecular weight is 380 g/mol. The van der Waals surface area contributed by atoms with Gasteiger partial charge in [0, 0.05) is 38.3 Å². The minimum absolute atomic E-state index is 0.0791. The topological polar surface area (TPSA) is 74.8 Å². The second-order valence-corrected chi connectivity index (χ2v) is 6.09. The summed E-state index contributed by atoms with van der Waals surface area (Å²) in [6.45, 7) is 5.45. The molecule has 0 spiro atoms. The van der Waals surface area contributed by atoms with Crippen LogP contribution in [0.15, 0.2) is 66.2 Å². The molecule has 0 bridgehead atoms. The summed E-state index contributed by atoms with van der Waals surface area (Å²) in [5.74, 6) is 1.46. The lowest BCUT2D eigenvalue weighted by Gasteiger charge is -2.14. The van der Waals surface area contributed by atoms with E-state index in [2.05, 4.69) is 27.5 Å². The fourth-order valence-electron chi connectivity index (χ4n) is 2.68. The first-order valence-electron chi connectivity index (χ1n) is 9.25. The third-order valence-corrected chi connectivity index (χ3v) is 4.12. The molecule has 0 saturated heterocycles. The Morgan fingerprint density at radius 2 is 2.00 bits per heavy atom. The van der Waals surface area contributed by atoms with Crippen LogP contribution < -0.4 is 20.7 Å². The standard InChI is InChI=1S/C22H28N4O2/c1-4-14-28-20-11-6-5-9-19(20)16-26-22(24-3)25-13-12-17-8-7-10-18(15-17)21(27)23-2/h4-11,15H,1,12-14,16H2,2-3H3,(H,23,27)(H2,24,25,26). The summed E-state index contributed by atoms with van der Waals surface area (Å²) in [4.78, 5) is 16.0. The van der Waals surface area contributed by atoms with Crippen molar-refractivity contribution in [3.8, 4) is 5.75 Å². The minimum Gasteiger partial charge on any atom is -0.489 e. The van der Waals surface area contributed by atoms with Gasteiger partial charge in [0.2, 0.25) is 0 Å². The summed E-state index contributed by atoms with van der Waals surface area (Å²) >= 11 is 0. The molecule has 1 amide bonds. The Hall–Kier alpha value is -3.28. The summed E-state index contributed by atoms with van der Waals surface area (Å²) in [6.07, 6.45) is 2.51. The van der Waals surface area contributed by atoms with Crippen LogP contribution in [-0.4, -0.2) is 39.1 Å².